The molecule has 0 radical (unpaired) electrons. The number of aromatic nitrogens is 3. The molecular formula is C18H19N5O3. The number of nitrogens with zero attached hydrogens (tertiary/aromatic N) is 5. The first-order valence-corrected chi connectivity index (χ1v) is 8.61. The average Bonchev–Trinajstić information content (AvgIpc) is 3.36. The van der Waals surface area contributed by atoms with Crippen molar-refractivity contribution >= 4 is 22.8 Å². The maximum absolute atomic E-state index is 12.8. The zero-order valence-electron chi connectivity index (χ0n) is 14.5. The van der Waals surface area contributed by atoms with Crippen LogP contribution in [0, 0.1) is 0 Å². The Bertz CT molecular complexity index is 939. The maximum Gasteiger partial charge on any atom is 0.257 e. The highest BCUT2D eigenvalue weighted by molar-refractivity contribution is 5.98. The summed E-state index contributed by atoms with van der Waals surface area (Å²) in [6.07, 6.45) is 2.93. The van der Waals surface area contributed by atoms with E-state index >= 15 is 0 Å². The summed E-state index contributed by atoms with van der Waals surface area (Å²) < 4.78 is 6.76. The summed E-state index contributed by atoms with van der Waals surface area (Å²) in [5.74, 6) is -0.114. The van der Waals surface area contributed by atoms with Gasteiger partial charge in [0.2, 0.25) is 0 Å². The summed E-state index contributed by atoms with van der Waals surface area (Å²) >= 11 is 0. The van der Waals surface area contributed by atoms with E-state index in [2.05, 4.69) is 10.3 Å². The normalized spacial score (nSPS) is 14.8. The molecule has 1 aromatic carbocycles. The van der Waals surface area contributed by atoms with Crippen LogP contribution < -0.4 is 0 Å². The van der Waals surface area contributed by atoms with Gasteiger partial charge in [-0.25, -0.2) is 4.68 Å². The quantitative estimate of drug-likeness (QED) is 0.715. The molecule has 1 aliphatic heterocycles. The predicted molar refractivity (Wildman–Crippen MR) is 93.7 cm³/mol. The van der Waals surface area contributed by atoms with Gasteiger partial charge in [-0.3, -0.25) is 9.59 Å². The second-order valence-corrected chi connectivity index (χ2v) is 6.21. The number of piperazine rings is 1. The van der Waals surface area contributed by atoms with Gasteiger partial charge in [0.1, 0.15) is 11.8 Å². The Balaban J connectivity index is 1.44. The Morgan fingerprint density at radius 1 is 1.04 bits per heavy atom. The Hall–Kier alpha value is -3.16. The number of carbonyl (C=O) groups is 2. The van der Waals surface area contributed by atoms with Crippen molar-refractivity contribution < 1.29 is 14.0 Å². The molecule has 8 heteroatoms. The summed E-state index contributed by atoms with van der Waals surface area (Å²) in [7, 11) is 0. The van der Waals surface area contributed by atoms with Gasteiger partial charge in [0, 0.05) is 38.3 Å². The van der Waals surface area contributed by atoms with Crippen LogP contribution >= 0.6 is 0 Å². The van der Waals surface area contributed by atoms with Crippen LogP contribution in [0.3, 0.4) is 0 Å². The molecule has 8 nitrogen and oxygen atoms in total. The number of hydrogen-bond donors (Lipinski definition) is 0. The zero-order valence-corrected chi connectivity index (χ0v) is 14.5. The van der Waals surface area contributed by atoms with E-state index in [9.17, 15) is 9.59 Å². The van der Waals surface area contributed by atoms with E-state index in [-0.39, 0.29) is 11.8 Å². The summed E-state index contributed by atoms with van der Waals surface area (Å²) in [4.78, 5) is 28.6. The van der Waals surface area contributed by atoms with Crippen molar-refractivity contribution in [3.63, 3.8) is 0 Å². The number of amides is 2. The van der Waals surface area contributed by atoms with Gasteiger partial charge in [-0.1, -0.05) is 5.21 Å². The maximum atomic E-state index is 12.8. The number of carbonyl (C=O) groups excluding carboxylic acids is 2. The monoisotopic (exact) mass is 353 g/mol. The third-order valence-corrected chi connectivity index (χ3v) is 4.68. The minimum Gasteiger partial charge on any atom is -0.472 e. The first kappa shape index (κ1) is 16.3. The number of benzene rings is 1. The Labute approximate surface area is 150 Å². The number of furan rings is 1. The number of hydrogen-bond acceptors (Lipinski definition) is 5. The minimum atomic E-state index is -0.0663. The Morgan fingerprint density at radius 2 is 1.73 bits per heavy atom. The predicted octanol–water partition coefficient (Wildman–Crippen LogP) is 1.64. The number of aryl methyl sites for hydroxylation is 1. The molecule has 1 aliphatic rings. The van der Waals surface area contributed by atoms with Gasteiger partial charge in [-0.05, 0) is 31.2 Å². The fourth-order valence-electron chi connectivity index (χ4n) is 3.20. The minimum absolute atomic E-state index is 0.0478. The fourth-order valence-corrected chi connectivity index (χ4v) is 3.20. The summed E-state index contributed by atoms with van der Waals surface area (Å²) in [6, 6.07) is 7.12. The van der Waals surface area contributed by atoms with Gasteiger partial charge in [-0.15, -0.1) is 5.10 Å². The van der Waals surface area contributed by atoms with E-state index in [1.54, 1.807) is 26.6 Å². The highest BCUT2D eigenvalue weighted by Gasteiger charge is 2.26. The smallest absolute Gasteiger partial charge is 0.257 e. The lowest BCUT2D eigenvalue weighted by Gasteiger charge is -2.34. The largest absolute Gasteiger partial charge is 0.472 e. The first-order valence-electron chi connectivity index (χ1n) is 8.61. The van der Waals surface area contributed by atoms with Crippen molar-refractivity contribution in [1.82, 2.24) is 24.8 Å². The van der Waals surface area contributed by atoms with Crippen LogP contribution in [-0.2, 0) is 6.54 Å². The second kappa shape index (κ2) is 6.62. The summed E-state index contributed by atoms with van der Waals surface area (Å²) in [5, 5.41) is 8.19. The molecule has 134 valence electrons. The lowest BCUT2D eigenvalue weighted by Crippen LogP contribution is -2.50. The first-order chi connectivity index (χ1) is 12.7. The van der Waals surface area contributed by atoms with E-state index in [0.29, 0.717) is 42.8 Å². The van der Waals surface area contributed by atoms with Crippen LogP contribution in [0.2, 0.25) is 0 Å². The van der Waals surface area contributed by atoms with Gasteiger partial charge in [-0.2, -0.15) is 0 Å². The van der Waals surface area contributed by atoms with Crippen LogP contribution in [0.15, 0.2) is 41.2 Å². The van der Waals surface area contributed by atoms with Crippen LogP contribution in [-0.4, -0.2) is 62.8 Å². The van der Waals surface area contributed by atoms with Crippen molar-refractivity contribution in [2.24, 2.45) is 0 Å². The molecule has 1 fully saturated rings. The molecule has 3 aromatic rings. The Morgan fingerprint density at radius 3 is 2.35 bits per heavy atom. The Kier molecular flexibility index (Phi) is 4.16. The lowest BCUT2D eigenvalue weighted by molar-refractivity contribution is 0.0535. The topological polar surface area (TPSA) is 84.5 Å². The molecule has 0 saturated carbocycles. The van der Waals surface area contributed by atoms with Gasteiger partial charge in [0.05, 0.1) is 17.3 Å². The summed E-state index contributed by atoms with van der Waals surface area (Å²) in [6.45, 7) is 4.74. The highest BCUT2D eigenvalue weighted by Crippen LogP contribution is 2.17. The molecule has 1 saturated heterocycles. The van der Waals surface area contributed by atoms with E-state index in [4.69, 9.17) is 4.42 Å². The fraction of sp³-hybridized carbons (Fsp3) is 0.333. The number of fused-ring (bicyclic) bond motifs is 1. The zero-order chi connectivity index (χ0) is 18.1. The van der Waals surface area contributed by atoms with Crippen molar-refractivity contribution in [2.75, 3.05) is 26.2 Å². The van der Waals surface area contributed by atoms with Crippen LogP contribution in [0.1, 0.15) is 27.6 Å². The molecule has 26 heavy (non-hydrogen) atoms. The molecule has 0 N–H and O–H groups in total. The molecule has 2 aromatic heterocycles. The SMILES string of the molecule is CCn1nnc2cc(C(=O)N3CCN(C(=O)c4ccoc4)CC3)ccc21. The molecule has 0 unspecified atom stereocenters. The van der Waals surface area contributed by atoms with Crippen molar-refractivity contribution in [2.45, 2.75) is 13.5 Å². The third-order valence-electron chi connectivity index (χ3n) is 4.68. The molecule has 3 heterocycles. The number of rotatable bonds is 3. The van der Waals surface area contributed by atoms with Gasteiger partial charge < -0.3 is 14.2 Å². The van der Waals surface area contributed by atoms with Crippen LogP contribution in [0.25, 0.3) is 11.0 Å². The molecule has 2 amide bonds. The standard InChI is InChI=1S/C18H19N5O3/c1-2-23-16-4-3-13(11-15(16)19-20-23)17(24)21-6-8-22(9-7-21)18(25)14-5-10-26-12-14/h3-5,10-12H,2,6-9H2,1H3. The van der Waals surface area contributed by atoms with E-state index in [0.717, 1.165) is 12.1 Å². The second-order valence-electron chi connectivity index (χ2n) is 6.21. The van der Waals surface area contributed by atoms with Gasteiger partial charge in [0.15, 0.2) is 0 Å². The van der Waals surface area contributed by atoms with Crippen LogP contribution in [0.5, 0.6) is 0 Å². The molecule has 0 spiro atoms. The molecular weight excluding hydrogens is 334 g/mol. The molecule has 0 aliphatic carbocycles. The summed E-state index contributed by atoms with van der Waals surface area (Å²) in [5.41, 5.74) is 2.76. The third kappa shape index (κ3) is 2.83. The van der Waals surface area contributed by atoms with Crippen molar-refractivity contribution in [3.05, 3.63) is 47.9 Å². The van der Waals surface area contributed by atoms with Gasteiger partial charge >= 0.3 is 0 Å². The lowest BCUT2D eigenvalue weighted by atomic mass is 10.1. The van der Waals surface area contributed by atoms with E-state index in [1.807, 2.05) is 19.1 Å². The molecule has 0 atom stereocenters. The highest BCUT2D eigenvalue weighted by atomic mass is 16.3. The van der Waals surface area contributed by atoms with Gasteiger partial charge in [0.25, 0.3) is 11.8 Å². The molecule has 0 bridgehead atoms. The van der Waals surface area contributed by atoms with E-state index in [1.165, 1.54) is 12.5 Å². The van der Waals surface area contributed by atoms with E-state index < -0.39 is 0 Å². The average molecular weight is 353 g/mol. The van der Waals surface area contributed by atoms with Crippen molar-refractivity contribution in [3.8, 4) is 0 Å². The van der Waals surface area contributed by atoms with Crippen molar-refractivity contribution in [1.29, 1.82) is 0 Å². The molecule has 4 rings (SSSR count). The van der Waals surface area contributed by atoms with Crippen LogP contribution in [0.4, 0.5) is 0 Å².